The van der Waals surface area contributed by atoms with Crippen LogP contribution in [0.3, 0.4) is 0 Å². The van der Waals surface area contributed by atoms with Crippen LogP contribution in [0.25, 0.3) is 0 Å². The minimum atomic E-state index is -4.09. The maximum absolute atomic E-state index is 14.4. The van der Waals surface area contributed by atoms with Crippen molar-refractivity contribution in [1.82, 2.24) is 9.62 Å². The maximum atomic E-state index is 14.4. The molecule has 40 heavy (non-hydrogen) atoms. The first-order chi connectivity index (χ1) is 18.8. The van der Waals surface area contributed by atoms with Crippen molar-refractivity contribution in [1.29, 1.82) is 0 Å². The van der Waals surface area contributed by atoms with E-state index in [1.807, 2.05) is 51.1 Å². The van der Waals surface area contributed by atoms with E-state index in [0.717, 1.165) is 5.56 Å². The SMILES string of the molecule is Cc1ccccc1S(=O)(=O)N1C(C(C)(C)C)C=C(C(=O)N[C@H](Cc2ccccc2)C(N)=O)[C@@H]1c1ccc(Cl)cc1. The number of sulfonamides is 1. The Hall–Kier alpha value is -3.46. The molecule has 0 bridgehead atoms. The normalized spacial score (nSPS) is 18.7. The van der Waals surface area contributed by atoms with Crippen LogP contribution in [-0.4, -0.2) is 36.6 Å². The van der Waals surface area contributed by atoms with E-state index in [2.05, 4.69) is 5.32 Å². The van der Waals surface area contributed by atoms with Crippen LogP contribution >= 0.6 is 11.6 Å². The van der Waals surface area contributed by atoms with Gasteiger partial charge in [0.1, 0.15) is 6.04 Å². The second-order valence-corrected chi connectivity index (χ2v) is 13.4. The van der Waals surface area contributed by atoms with E-state index in [0.29, 0.717) is 16.1 Å². The maximum Gasteiger partial charge on any atom is 0.249 e. The highest BCUT2D eigenvalue weighted by Gasteiger charge is 2.50. The first-order valence-corrected chi connectivity index (χ1v) is 14.8. The predicted octanol–water partition coefficient (Wildman–Crippen LogP) is 4.95. The molecule has 4 rings (SSSR count). The summed E-state index contributed by atoms with van der Waals surface area (Å²) in [5.74, 6) is -1.24. The molecule has 0 saturated heterocycles. The number of amides is 2. The predicted molar refractivity (Wildman–Crippen MR) is 157 cm³/mol. The monoisotopic (exact) mass is 579 g/mol. The summed E-state index contributed by atoms with van der Waals surface area (Å²) < 4.78 is 30.1. The summed E-state index contributed by atoms with van der Waals surface area (Å²) in [7, 11) is -4.09. The zero-order valence-electron chi connectivity index (χ0n) is 23.0. The summed E-state index contributed by atoms with van der Waals surface area (Å²) in [6.45, 7) is 7.52. The second kappa shape index (κ2) is 11.6. The average molecular weight is 580 g/mol. The Bertz CT molecular complexity index is 1530. The van der Waals surface area contributed by atoms with Crippen molar-refractivity contribution < 1.29 is 18.0 Å². The molecule has 3 aromatic carbocycles. The van der Waals surface area contributed by atoms with Gasteiger partial charge in [-0.25, -0.2) is 8.42 Å². The Morgan fingerprint density at radius 2 is 1.57 bits per heavy atom. The first kappa shape index (κ1) is 29.5. The molecule has 3 atom stereocenters. The molecular formula is C31H34ClN3O4S. The van der Waals surface area contributed by atoms with Crippen LogP contribution in [-0.2, 0) is 26.0 Å². The molecule has 3 aromatic rings. The number of hydrogen-bond donors (Lipinski definition) is 2. The molecule has 1 unspecified atom stereocenters. The third-order valence-electron chi connectivity index (χ3n) is 7.08. The highest BCUT2D eigenvalue weighted by molar-refractivity contribution is 7.89. The highest BCUT2D eigenvalue weighted by atomic mass is 35.5. The average Bonchev–Trinajstić information content (AvgIpc) is 3.32. The molecule has 9 heteroatoms. The number of nitrogens with zero attached hydrogens (tertiary/aromatic N) is 1. The topological polar surface area (TPSA) is 110 Å². The minimum absolute atomic E-state index is 0.164. The zero-order chi connectivity index (χ0) is 29.2. The standard InChI is InChI=1S/C31H34ClN3O4S/c1-20-10-8-9-13-26(20)40(38,39)35-27(31(2,3)4)19-24(28(35)22-14-16-23(32)17-15-22)30(37)34-25(29(33)36)18-21-11-6-5-7-12-21/h5-17,19,25,27-28H,18H2,1-4H3,(H2,33,36)(H,34,37)/t25-,27?,28+/m1/s1. The summed E-state index contributed by atoms with van der Waals surface area (Å²) in [6.07, 6.45) is 1.90. The van der Waals surface area contributed by atoms with Gasteiger partial charge < -0.3 is 11.1 Å². The Balaban J connectivity index is 1.82. The van der Waals surface area contributed by atoms with Gasteiger partial charge in [-0.15, -0.1) is 0 Å². The molecule has 210 valence electrons. The summed E-state index contributed by atoms with van der Waals surface area (Å²) in [5.41, 5.74) is 7.34. The Kier molecular flexibility index (Phi) is 8.54. The molecule has 0 radical (unpaired) electrons. The van der Waals surface area contributed by atoms with Gasteiger partial charge in [0.2, 0.25) is 21.8 Å². The van der Waals surface area contributed by atoms with Crippen molar-refractivity contribution in [3.8, 4) is 0 Å². The molecule has 3 N–H and O–H groups in total. The minimum Gasteiger partial charge on any atom is -0.368 e. The van der Waals surface area contributed by atoms with Crippen LogP contribution in [0.1, 0.15) is 43.5 Å². The van der Waals surface area contributed by atoms with Crippen molar-refractivity contribution in [2.24, 2.45) is 11.1 Å². The molecule has 0 spiro atoms. The van der Waals surface area contributed by atoms with E-state index < -0.39 is 45.4 Å². The Morgan fingerprint density at radius 1 is 0.975 bits per heavy atom. The van der Waals surface area contributed by atoms with Gasteiger partial charge in [0, 0.05) is 23.1 Å². The molecule has 0 fully saturated rings. The fourth-order valence-electron chi connectivity index (χ4n) is 5.00. The number of nitrogens with one attached hydrogen (secondary N) is 1. The van der Waals surface area contributed by atoms with E-state index in [4.69, 9.17) is 17.3 Å². The molecule has 1 heterocycles. The van der Waals surface area contributed by atoms with Crippen molar-refractivity contribution in [2.75, 3.05) is 0 Å². The molecule has 0 aliphatic carbocycles. The lowest BCUT2D eigenvalue weighted by Crippen LogP contribution is -2.48. The van der Waals surface area contributed by atoms with E-state index in [9.17, 15) is 18.0 Å². The lowest BCUT2D eigenvalue weighted by molar-refractivity contribution is -0.125. The molecule has 0 aromatic heterocycles. The van der Waals surface area contributed by atoms with Gasteiger partial charge in [0.05, 0.1) is 10.9 Å². The smallest absolute Gasteiger partial charge is 0.249 e. The highest BCUT2D eigenvalue weighted by Crippen LogP contribution is 2.46. The summed E-state index contributed by atoms with van der Waals surface area (Å²) >= 11 is 6.17. The number of rotatable bonds is 8. The number of aryl methyl sites for hydroxylation is 1. The van der Waals surface area contributed by atoms with Crippen molar-refractivity contribution in [3.05, 3.63) is 112 Å². The fourth-order valence-corrected chi connectivity index (χ4v) is 7.26. The van der Waals surface area contributed by atoms with E-state index >= 15 is 0 Å². The lowest BCUT2D eigenvalue weighted by Gasteiger charge is -2.37. The molecule has 2 amide bonds. The van der Waals surface area contributed by atoms with Gasteiger partial charge in [-0.1, -0.05) is 99.1 Å². The third kappa shape index (κ3) is 6.14. The van der Waals surface area contributed by atoms with Crippen molar-refractivity contribution >= 4 is 33.4 Å². The van der Waals surface area contributed by atoms with Gasteiger partial charge >= 0.3 is 0 Å². The summed E-state index contributed by atoms with van der Waals surface area (Å²) in [6, 6.07) is 20.2. The van der Waals surface area contributed by atoms with Crippen molar-refractivity contribution in [3.63, 3.8) is 0 Å². The first-order valence-electron chi connectivity index (χ1n) is 13.0. The van der Waals surface area contributed by atoms with Crippen LogP contribution in [0.5, 0.6) is 0 Å². The van der Waals surface area contributed by atoms with Crippen LogP contribution in [0.4, 0.5) is 0 Å². The lowest BCUT2D eigenvalue weighted by atomic mass is 9.87. The van der Waals surface area contributed by atoms with E-state index in [-0.39, 0.29) is 16.9 Å². The number of nitrogens with two attached hydrogens (primary N) is 1. The summed E-state index contributed by atoms with van der Waals surface area (Å²) in [5, 5.41) is 3.26. The number of carbonyl (C=O) groups excluding carboxylic acids is 2. The van der Waals surface area contributed by atoms with Gasteiger partial charge in [-0.05, 0) is 47.2 Å². The molecule has 1 aliphatic rings. The van der Waals surface area contributed by atoms with Crippen LogP contribution in [0.15, 0.2) is 95.4 Å². The fraction of sp³-hybridized carbons (Fsp3) is 0.290. The number of primary amides is 1. The molecule has 0 saturated carbocycles. The van der Waals surface area contributed by atoms with Gasteiger partial charge in [-0.3, -0.25) is 9.59 Å². The number of halogens is 1. The van der Waals surface area contributed by atoms with E-state index in [1.54, 1.807) is 61.5 Å². The van der Waals surface area contributed by atoms with Gasteiger partial charge in [-0.2, -0.15) is 4.31 Å². The number of benzene rings is 3. The second-order valence-electron chi connectivity index (χ2n) is 11.1. The van der Waals surface area contributed by atoms with E-state index in [1.165, 1.54) is 4.31 Å². The largest absolute Gasteiger partial charge is 0.368 e. The van der Waals surface area contributed by atoms with Gasteiger partial charge in [0.15, 0.2) is 0 Å². The molecule has 1 aliphatic heterocycles. The molecular weight excluding hydrogens is 546 g/mol. The third-order valence-corrected chi connectivity index (χ3v) is 9.34. The number of hydrogen-bond acceptors (Lipinski definition) is 4. The number of carbonyl (C=O) groups is 2. The van der Waals surface area contributed by atoms with Gasteiger partial charge in [0.25, 0.3) is 0 Å². The molecule has 7 nitrogen and oxygen atoms in total. The van der Waals surface area contributed by atoms with Crippen LogP contribution in [0, 0.1) is 12.3 Å². The Morgan fingerprint density at radius 3 is 2.15 bits per heavy atom. The quantitative estimate of drug-likeness (QED) is 0.393. The van der Waals surface area contributed by atoms with Crippen LogP contribution < -0.4 is 11.1 Å². The summed E-state index contributed by atoms with van der Waals surface area (Å²) in [4.78, 5) is 26.5. The van der Waals surface area contributed by atoms with Crippen LogP contribution in [0.2, 0.25) is 5.02 Å². The zero-order valence-corrected chi connectivity index (χ0v) is 24.5. The van der Waals surface area contributed by atoms with Crippen molar-refractivity contribution in [2.45, 2.75) is 57.1 Å². The Labute approximate surface area is 241 Å².